The molecule has 1 heterocycles. The van der Waals surface area contributed by atoms with Crippen LogP contribution in [0.15, 0.2) is 24.3 Å². The van der Waals surface area contributed by atoms with Gasteiger partial charge in [-0.05, 0) is 37.7 Å². The molecule has 1 aliphatic rings. The van der Waals surface area contributed by atoms with Gasteiger partial charge >= 0.3 is 0 Å². The maximum Gasteiger partial charge on any atom is 0.0636 e. The zero-order valence-electron chi connectivity index (χ0n) is 12.0. The molecule has 0 unspecified atom stereocenters. The third kappa shape index (κ3) is 3.03. The quantitative estimate of drug-likeness (QED) is 0.773. The van der Waals surface area contributed by atoms with E-state index < -0.39 is 0 Å². The summed E-state index contributed by atoms with van der Waals surface area (Å²) in [7, 11) is 0. The van der Waals surface area contributed by atoms with Crippen molar-refractivity contribution in [3.63, 3.8) is 0 Å². The Kier molecular flexibility index (Phi) is 4.65. The number of benzene rings is 1. The van der Waals surface area contributed by atoms with Crippen LogP contribution in [0.25, 0.3) is 10.1 Å². The Balaban J connectivity index is 1.61. The van der Waals surface area contributed by atoms with Gasteiger partial charge in [0.15, 0.2) is 0 Å². The van der Waals surface area contributed by atoms with E-state index in [2.05, 4.69) is 36.5 Å². The maximum absolute atomic E-state index is 6.49. The second kappa shape index (κ2) is 6.46. The van der Waals surface area contributed by atoms with Crippen LogP contribution in [-0.4, -0.2) is 6.04 Å². The summed E-state index contributed by atoms with van der Waals surface area (Å²) in [4.78, 5) is 1.28. The lowest BCUT2D eigenvalue weighted by Crippen LogP contribution is -2.32. The van der Waals surface area contributed by atoms with Crippen LogP contribution in [0.4, 0.5) is 0 Å². The summed E-state index contributed by atoms with van der Waals surface area (Å²) < 4.78 is 1.30. The van der Waals surface area contributed by atoms with E-state index in [1.807, 2.05) is 11.3 Å². The van der Waals surface area contributed by atoms with Crippen molar-refractivity contribution in [3.05, 3.63) is 34.2 Å². The first-order valence-corrected chi connectivity index (χ1v) is 8.86. The average molecular weight is 308 g/mol. The summed E-state index contributed by atoms with van der Waals surface area (Å²) >= 11 is 8.31. The highest BCUT2D eigenvalue weighted by Gasteiger charge is 2.20. The molecule has 108 valence electrons. The van der Waals surface area contributed by atoms with E-state index in [1.165, 1.54) is 47.1 Å². The summed E-state index contributed by atoms with van der Waals surface area (Å²) in [5.41, 5.74) is 0. The van der Waals surface area contributed by atoms with Crippen molar-refractivity contribution in [1.82, 2.24) is 5.32 Å². The summed E-state index contributed by atoms with van der Waals surface area (Å²) in [6.07, 6.45) is 6.75. The van der Waals surface area contributed by atoms with Crippen molar-refractivity contribution >= 4 is 33.0 Å². The molecule has 0 amide bonds. The number of nitrogens with one attached hydrogen (secondary N) is 1. The van der Waals surface area contributed by atoms with E-state index in [-0.39, 0.29) is 0 Å². The molecule has 1 fully saturated rings. The number of hydrogen-bond donors (Lipinski definition) is 1. The van der Waals surface area contributed by atoms with Gasteiger partial charge in [-0.1, -0.05) is 43.1 Å². The highest BCUT2D eigenvalue weighted by molar-refractivity contribution is 7.19. The van der Waals surface area contributed by atoms with Gasteiger partial charge in [0.2, 0.25) is 0 Å². The molecule has 3 rings (SSSR count). The van der Waals surface area contributed by atoms with Crippen LogP contribution in [0.2, 0.25) is 5.02 Å². The molecular weight excluding hydrogens is 286 g/mol. The van der Waals surface area contributed by atoms with Crippen LogP contribution in [0.1, 0.15) is 43.9 Å². The summed E-state index contributed by atoms with van der Waals surface area (Å²) in [5, 5.41) is 5.85. The van der Waals surface area contributed by atoms with Crippen LogP contribution in [0.3, 0.4) is 0 Å². The highest BCUT2D eigenvalue weighted by Crippen LogP contribution is 2.35. The van der Waals surface area contributed by atoms with Crippen molar-refractivity contribution < 1.29 is 0 Å². The molecule has 0 bridgehead atoms. The van der Waals surface area contributed by atoms with Gasteiger partial charge in [-0.25, -0.2) is 0 Å². The minimum atomic E-state index is 0.680. The molecule has 1 aromatic heterocycles. The minimum Gasteiger partial charge on any atom is -0.309 e. The maximum atomic E-state index is 6.49. The lowest BCUT2D eigenvalue weighted by atomic mass is 9.84. The first-order chi connectivity index (χ1) is 9.78. The van der Waals surface area contributed by atoms with Crippen LogP contribution in [0, 0.1) is 5.92 Å². The highest BCUT2D eigenvalue weighted by atomic mass is 35.5. The second-order valence-electron chi connectivity index (χ2n) is 5.84. The van der Waals surface area contributed by atoms with Gasteiger partial charge in [-0.3, -0.25) is 0 Å². The van der Waals surface area contributed by atoms with Gasteiger partial charge in [0, 0.05) is 27.5 Å². The standard InChI is InChI=1S/C17H22ClNS/c1-2-12-7-9-13(10-8-12)19-11-16-17(18)14-5-3-4-6-15(14)20-16/h3-6,12-13,19H,2,7-11H2,1H3. The second-order valence-corrected chi connectivity index (χ2v) is 7.36. The van der Waals surface area contributed by atoms with E-state index in [0.29, 0.717) is 6.04 Å². The van der Waals surface area contributed by atoms with Crippen molar-refractivity contribution in [2.75, 3.05) is 0 Å². The van der Waals surface area contributed by atoms with E-state index >= 15 is 0 Å². The average Bonchev–Trinajstić information content (AvgIpc) is 2.83. The lowest BCUT2D eigenvalue weighted by molar-refractivity contribution is 0.285. The Bertz CT molecular complexity index is 569. The van der Waals surface area contributed by atoms with Crippen molar-refractivity contribution in [2.45, 2.75) is 51.6 Å². The van der Waals surface area contributed by atoms with Crippen LogP contribution >= 0.6 is 22.9 Å². The number of rotatable bonds is 4. The monoisotopic (exact) mass is 307 g/mol. The molecule has 2 aromatic rings. The number of thiophene rings is 1. The minimum absolute atomic E-state index is 0.680. The van der Waals surface area contributed by atoms with Crippen LogP contribution in [0.5, 0.6) is 0 Å². The largest absolute Gasteiger partial charge is 0.309 e. The number of hydrogen-bond acceptors (Lipinski definition) is 2. The van der Waals surface area contributed by atoms with E-state index in [0.717, 1.165) is 17.5 Å². The fourth-order valence-corrected chi connectivity index (χ4v) is 4.64. The normalized spacial score (nSPS) is 23.3. The van der Waals surface area contributed by atoms with Crippen LogP contribution < -0.4 is 5.32 Å². The fraction of sp³-hybridized carbons (Fsp3) is 0.529. The smallest absolute Gasteiger partial charge is 0.0636 e. The number of fused-ring (bicyclic) bond motifs is 1. The van der Waals surface area contributed by atoms with E-state index in [4.69, 9.17) is 11.6 Å². The molecule has 0 spiro atoms. The molecule has 1 nitrogen and oxygen atoms in total. The molecule has 0 radical (unpaired) electrons. The molecule has 1 saturated carbocycles. The molecule has 1 N–H and O–H groups in total. The lowest BCUT2D eigenvalue weighted by Gasteiger charge is -2.28. The Labute approximate surface area is 130 Å². The SMILES string of the molecule is CCC1CCC(NCc2sc3ccccc3c2Cl)CC1. The molecule has 0 aliphatic heterocycles. The number of halogens is 1. The van der Waals surface area contributed by atoms with Gasteiger partial charge in [0.1, 0.15) is 0 Å². The van der Waals surface area contributed by atoms with Gasteiger partial charge in [0.05, 0.1) is 5.02 Å². The van der Waals surface area contributed by atoms with E-state index in [9.17, 15) is 0 Å². The zero-order chi connectivity index (χ0) is 13.9. The third-order valence-electron chi connectivity index (χ3n) is 4.58. The third-order valence-corrected chi connectivity index (χ3v) is 6.29. The van der Waals surface area contributed by atoms with Crippen molar-refractivity contribution in [2.24, 2.45) is 5.92 Å². The Hall–Kier alpha value is -0.570. The van der Waals surface area contributed by atoms with Crippen molar-refractivity contribution in [3.8, 4) is 0 Å². The zero-order valence-corrected chi connectivity index (χ0v) is 13.6. The Morgan fingerprint density at radius 1 is 1.20 bits per heavy atom. The Morgan fingerprint density at radius 2 is 1.95 bits per heavy atom. The van der Waals surface area contributed by atoms with Crippen LogP contribution in [-0.2, 0) is 6.54 Å². The van der Waals surface area contributed by atoms with E-state index in [1.54, 1.807) is 0 Å². The molecule has 0 atom stereocenters. The van der Waals surface area contributed by atoms with Gasteiger partial charge < -0.3 is 5.32 Å². The van der Waals surface area contributed by atoms with Crippen molar-refractivity contribution in [1.29, 1.82) is 0 Å². The molecular formula is C17H22ClNS. The Morgan fingerprint density at radius 3 is 2.65 bits per heavy atom. The summed E-state index contributed by atoms with van der Waals surface area (Å²) in [6, 6.07) is 9.09. The first-order valence-electron chi connectivity index (χ1n) is 7.67. The van der Waals surface area contributed by atoms with Gasteiger partial charge in [-0.2, -0.15) is 0 Å². The first kappa shape index (κ1) is 14.4. The molecule has 0 saturated heterocycles. The van der Waals surface area contributed by atoms with Gasteiger partial charge in [-0.15, -0.1) is 11.3 Å². The predicted octanol–water partition coefficient (Wildman–Crippen LogP) is 5.61. The molecule has 20 heavy (non-hydrogen) atoms. The predicted molar refractivity (Wildman–Crippen MR) is 89.7 cm³/mol. The summed E-state index contributed by atoms with van der Waals surface area (Å²) in [5.74, 6) is 0.959. The fourth-order valence-electron chi connectivity index (χ4n) is 3.19. The topological polar surface area (TPSA) is 12.0 Å². The molecule has 1 aliphatic carbocycles. The molecule has 1 aromatic carbocycles. The van der Waals surface area contributed by atoms with Gasteiger partial charge in [0.25, 0.3) is 0 Å². The molecule has 3 heteroatoms. The summed E-state index contributed by atoms with van der Waals surface area (Å²) in [6.45, 7) is 3.23.